The first kappa shape index (κ1) is 21.0. The first-order valence-electron chi connectivity index (χ1n) is 9.32. The topological polar surface area (TPSA) is 84.5 Å². The van der Waals surface area contributed by atoms with Crippen LogP contribution in [-0.4, -0.2) is 41.5 Å². The molecule has 0 aliphatic rings. The van der Waals surface area contributed by atoms with E-state index in [-0.39, 0.29) is 23.8 Å². The lowest BCUT2D eigenvalue weighted by Gasteiger charge is -2.18. The molecule has 7 nitrogen and oxygen atoms in total. The fraction of sp³-hybridized carbons (Fsp3) is 0.227. The lowest BCUT2D eigenvalue weighted by atomic mass is 10.2. The highest BCUT2D eigenvalue weighted by atomic mass is 19.1. The van der Waals surface area contributed by atoms with E-state index in [9.17, 15) is 14.0 Å². The summed E-state index contributed by atoms with van der Waals surface area (Å²) in [6.07, 6.45) is 3.02. The molecule has 0 radical (unpaired) electrons. The number of fused-ring (bicyclic) bond motifs is 1. The van der Waals surface area contributed by atoms with Crippen molar-refractivity contribution in [3.63, 3.8) is 0 Å². The van der Waals surface area contributed by atoms with Crippen molar-refractivity contribution >= 4 is 22.9 Å². The highest BCUT2D eigenvalue weighted by Crippen LogP contribution is 2.29. The Balaban J connectivity index is 1.84. The molecule has 2 aromatic carbocycles. The molecule has 3 aromatic rings. The first-order chi connectivity index (χ1) is 14.4. The second-order valence-corrected chi connectivity index (χ2v) is 6.47. The number of likely N-dealkylation sites (N-methyl/N-ethyl adjacent to an activating group) is 1. The monoisotopic (exact) mass is 411 g/mol. The van der Waals surface area contributed by atoms with Gasteiger partial charge in [0.05, 0.1) is 31.7 Å². The molecule has 0 spiro atoms. The van der Waals surface area contributed by atoms with E-state index in [1.807, 2.05) is 6.92 Å². The van der Waals surface area contributed by atoms with Gasteiger partial charge in [0.2, 0.25) is 5.91 Å². The third-order valence-electron chi connectivity index (χ3n) is 4.58. The molecule has 0 unspecified atom stereocenters. The molecule has 1 N–H and O–H groups in total. The summed E-state index contributed by atoms with van der Waals surface area (Å²) in [5.74, 6) is 0.650. The van der Waals surface area contributed by atoms with Crippen LogP contribution in [0.2, 0.25) is 0 Å². The third-order valence-corrected chi connectivity index (χ3v) is 4.58. The fourth-order valence-electron chi connectivity index (χ4n) is 2.96. The van der Waals surface area contributed by atoms with Crippen LogP contribution in [-0.2, 0) is 11.3 Å². The van der Waals surface area contributed by atoms with E-state index in [0.29, 0.717) is 40.3 Å². The Morgan fingerprint density at radius 2 is 1.83 bits per heavy atom. The van der Waals surface area contributed by atoms with E-state index in [1.54, 1.807) is 30.3 Å². The van der Waals surface area contributed by atoms with Gasteiger partial charge in [-0.1, -0.05) is 12.1 Å². The van der Waals surface area contributed by atoms with Crippen LogP contribution in [0.1, 0.15) is 18.3 Å². The van der Waals surface area contributed by atoms with Crippen LogP contribution in [0.15, 0.2) is 47.3 Å². The van der Waals surface area contributed by atoms with Crippen LogP contribution >= 0.6 is 0 Å². The number of halogens is 1. The van der Waals surface area contributed by atoms with Crippen molar-refractivity contribution in [2.45, 2.75) is 13.5 Å². The van der Waals surface area contributed by atoms with Gasteiger partial charge in [-0.05, 0) is 36.8 Å². The van der Waals surface area contributed by atoms with Crippen LogP contribution in [0.4, 0.5) is 4.39 Å². The zero-order chi connectivity index (χ0) is 21.7. The molecule has 0 aliphatic heterocycles. The average molecular weight is 411 g/mol. The molecule has 8 heteroatoms. The van der Waals surface area contributed by atoms with Crippen LogP contribution in [0.3, 0.4) is 0 Å². The SMILES string of the molecule is CCN(Cc1nc2cc(OC)c(OC)cc2c(=O)[nH]1)C(=O)/C=C/c1ccc(F)cc1. The van der Waals surface area contributed by atoms with Gasteiger partial charge >= 0.3 is 0 Å². The number of ether oxygens (including phenoxy) is 2. The number of benzene rings is 2. The maximum absolute atomic E-state index is 13.0. The molecule has 1 heterocycles. The molecule has 1 aromatic heterocycles. The smallest absolute Gasteiger partial charge is 0.258 e. The molecule has 156 valence electrons. The van der Waals surface area contributed by atoms with Gasteiger partial charge in [0, 0.05) is 18.7 Å². The highest BCUT2D eigenvalue weighted by molar-refractivity contribution is 5.91. The van der Waals surface area contributed by atoms with Gasteiger partial charge in [-0.25, -0.2) is 9.37 Å². The van der Waals surface area contributed by atoms with Gasteiger partial charge in [-0.3, -0.25) is 9.59 Å². The van der Waals surface area contributed by atoms with Crippen molar-refractivity contribution in [1.82, 2.24) is 14.9 Å². The molecule has 0 saturated carbocycles. The molecule has 0 saturated heterocycles. The number of nitrogens with zero attached hydrogens (tertiary/aromatic N) is 2. The number of H-pyrrole nitrogens is 1. The second kappa shape index (κ2) is 9.21. The van der Waals surface area contributed by atoms with Gasteiger partial charge < -0.3 is 19.4 Å². The van der Waals surface area contributed by atoms with Crippen molar-refractivity contribution in [3.8, 4) is 11.5 Å². The second-order valence-electron chi connectivity index (χ2n) is 6.47. The highest BCUT2D eigenvalue weighted by Gasteiger charge is 2.14. The number of nitrogens with one attached hydrogen (secondary N) is 1. The lowest BCUT2D eigenvalue weighted by molar-refractivity contribution is -0.126. The number of amides is 1. The Morgan fingerprint density at radius 3 is 2.47 bits per heavy atom. The van der Waals surface area contributed by atoms with Crippen molar-refractivity contribution in [1.29, 1.82) is 0 Å². The summed E-state index contributed by atoms with van der Waals surface area (Å²) in [5, 5.41) is 0.363. The van der Waals surface area contributed by atoms with E-state index in [0.717, 1.165) is 0 Å². The number of aromatic amines is 1. The number of methoxy groups -OCH3 is 2. The number of carbonyl (C=O) groups is 1. The molecular weight excluding hydrogens is 389 g/mol. The van der Waals surface area contributed by atoms with Crippen molar-refractivity contribution in [3.05, 3.63) is 70.0 Å². The normalized spacial score (nSPS) is 11.1. The molecule has 3 rings (SSSR count). The summed E-state index contributed by atoms with van der Waals surface area (Å²) in [5.41, 5.74) is 0.817. The molecule has 30 heavy (non-hydrogen) atoms. The third kappa shape index (κ3) is 4.65. The Labute approximate surface area is 172 Å². The van der Waals surface area contributed by atoms with E-state index in [1.165, 1.54) is 37.3 Å². The number of carbonyl (C=O) groups excluding carboxylic acids is 1. The summed E-state index contributed by atoms with van der Waals surface area (Å²) in [7, 11) is 2.99. The predicted molar refractivity (Wildman–Crippen MR) is 112 cm³/mol. The van der Waals surface area contributed by atoms with Crippen molar-refractivity contribution in [2.75, 3.05) is 20.8 Å². The molecule has 0 fully saturated rings. The molecule has 0 bridgehead atoms. The van der Waals surface area contributed by atoms with Gasteiger partial charge in [-0.15, -0.1) is 0 Å². The van der Waals surface area contributed by atoms with Crippen LogP contribution < -0.4 is 15.0 Å². The van der Waals surface area contributed by atoms with E-state index >= 15 is 0 Å². The van der Waals surface area contributed by atoms with Crippen molar-refractivity contribution < 1.29 is 18.7 Å². The van der Waals surface area contributed by atoms with Gasteiger partial charge in [-0.2, -0.15) is 0 Å². The lowest BCUT2D eigenvalue weighted by Crippen LogP contribution is -2.30. The van der Waals surface area contributed by atoms with Crippen LogP contribution in [0.25, 0.3) is 17.0 Å². The number of rotatable bonds is 7. The Bertz CT molecular complexity index is 1140. The number of aromatic nitrogens is 2. The Morgan fingerprint density at radius 1 is 1.17 bits per heavy atom. The summed E-state index contributed by atoms with van der Waals surface area (Å²) < 4.78 is 23.5. The summed E-state index contributed by atoms with van der Waals surface area (Å²) in [6.45, 7) is 2.37. The van der Waals surface area contributed by atoms with Gasteiger partial charge in [0.25, 0.3) is 5.56 Å². The fourth-order valence-corrected chi connectivity index (χ4v) is 2.96. The molecule has 0 aliphatic carbocycles. The quantitative estimate of drug-likeness (QED) is 0.604. The maximum Gasteiger partial charge on any atom is 0.258 e. The number of hydrogen-bond acceptors (Lipinski definition) is 5. The summed E-state index contributed by atoms with van der Waals surface area (Å²) in [4.78, 5) is 33.8. The van der Waals surface area contributed by atoms with Crippen molar-refractivity contribution in [2.24, 2.45) is 0 Å². The minimum atomic E-state index is -0.339. The maximum atomic E-state index is 13.0. The first-order valence-corrected chi connectivity index (χ1v) is 9.32. The number of hydrogen-bond donors (Lipinski definition) is 1. The molecule has 1 amide bonds. The zero-order valence-electron chi connectivity index (χ0n) is 16.9. The standard InChI is InChI=1S/C22H22FN3O4/c1-4-26(21(27)10-7-14-5-8-15(23)9-6-14)13-20-24-17-12-19(30-3)18(29-2)11-16(17)22(28)25-20/h5-12H,4,13H2,1-3H3,(H,24,25,28)/b10-7+. The largest absolute Gasteiger partial charge is 0.493 e. The van der Waals surface area contributed by atoms with Gasteiger partial charge in [0.1, 0.15) is 11.6 Å². The molecular formula is C22H22FN3O4. The zero-order valence-corrected chi connectivity index (χ0v) is 16.9. The minimum Gasteiger partial charge on any atom is -0.493 e. The van der Waals surface area contributed by atoms with E-state index < -0.39 is 0 Å². The Kier molecular flexibility index (Phi) is 6.46. The minimum absolute atomic E-state index is 0.128. The Hall–Kier alpha value is -3.68. The average Bonchev–Trinajstić information content (AvgIpc) is 2.76. The molecule has 0 atom stereocenters. The summed E-state index contributed by atoms with van der Waals surface area (Å²) in [6, 6.07) is 9.01. The van der Waals surface area contributed by atoms with E-state index in [2.05, 4.69) is 9.97 Å². The van der Waals surface area contributed by atoms with Crippen LogP contribution in [0, 0.1) is 5.82 Å². The van der Waals surface area contributed by atoms with E-state index in [4.69, 9.17) is 9.47 Å². The van der Waals surface area contributed by atoms with Gasteiger partial charge in [0.15, 0.2) is 11.5 Å². The predicted octanol–water partition coefficient (Wildman–Crippen LogP) is 3.14. The summed E-state index contributed by atoms with van der Waals surface area (Å²) >= 11 is 0. The van der Waals surface area contributed by atoms with Crippen LogP contribution in [0.5, 0.6) is 11.5 Å².